The number of fused-ring (bicyclic) bond motifs is 2. The van der Waals surface area contributed by atoms with Gasteiger partial charge in [-0.05, 0) is 24.3 Å². The zero-order chi connectivity index (χ0) is 31.1. The van der Waals surface area contributed by atoms with Crippen molar-refractivity contribution in [1.29, 1.82) is 0 Å². The predicted molar refractivity (Wildman–Crippen MR) is 169 cm³/mol. The van der Waals surface area contributed by atoms with Crippen LogP contribution in [-0.2, 0) is 14.3 Å². The number of ether oxygens (including phenoxy) is 3. The van der Waals surface area contributed by atoms with Crippen LogP contribution in [0.1, 0.15) is 6.92 Å². The van der Waals surface area contributed by atoms with Crippen molar-refractivity contribution in [3.8, 4) is 29.1 Å². The van der Waals surface area contributed by atoms with Crippen LogP contribution in [0.25, 0.3) is 32.9 Å². The quantitative estimate of drug-likeness (QED) is 0.312. The molecule has 1 unspecified atom stereocenters. The first kappa shape index (κ1) is 29.6. The minimum absolute atomic E-state index is 0.0323. The van der Waals surface area contributed by atoms with Gasteiger partial charge in [0.25, 0.3) is 5.91 Å². The van der Waals surface area contributed by atoms with E-state index in [1.165, 1.54) is 7.11 Å². The molecule has 1 amide bonds. The second-order valence-corrected chi connectivity index (χ2v) is 12.0. The summed E-state index contributed by atoms with van der Waals surface area (Å²) in [5.74, 6) is 5.68. The van der Waals surface area contributed by atoms with Gasteiger partial charge >= 0.3 is 6.01 Å². The summed E-state index contributed by atoms with van der Waals surface area (Å²) in [6.45, 7) is 6.96. The fourth-order valence-corrected chi connectivity index (χ4v) is 6.67. The zero-order valence-corrected chi connectivity index (χ0v) is 25.8. The smallest absolute Gasteiger partial charge is 0.318 e. The maximum Gasteiger partial charge on any atom is 0.318 e. The first-order chi connectivity index (χ1) is 21.9. The highest BCUT2D eigenvalue weighted by atomic mass is 35.5. The molecule has 1 atom stereocenters. The third kappa shape index (κ3) is 5.32. The van der Waals surface area contributed by atoms with Crippen molar-refractivity contribution in [2.45, 2.75) is 18.5 Å². The molecule has 0 aliphatic carbocycles. The van der Waals surface area contributed by atoms with Gasteiger partial charge in [0, 0.05) is 54.9 Å². The molecule has 2 aromatic carbocycles. The normalized spacial score (nSPS) is 18.8. The number of benzene rings is 2. The number of pyridine rings is 1. The summed E-state index contributed by atoms with van der Waals surface area (Å²) in [7, 11) is 1.45. The predicted octanol–water partition coefficient (Wildman–Crippen LogP) is 3.79. The van der Waals surface area contributed by atoms with Gasteiger partial charge in [0.05, 0.1) is 45.0 Å². The summed E-state index contributed by atoms with van der Waals surface area (Å²) in [6, 6.07) is 11.1. The van der Waals surface area contributed by atoms with E-state index in [0.717, 1.165) is 18.5 Å². The van der Waals surface area contributed by atoms with E-state index in [-0.39, 0.29) is 29.2 Å². The Morgan fingerprint density at radius 2 is 1.87 bits per heavy atom. The van der Waals surface area contributed by atoms with Gasteiger partial charge < -0.3 is 24.0 Å². The van der Waals surface area contributed by atoms with Crippen LogP contribution in [0.3, 0.4) is 0 Å². The molecule has 0 radical (unpaired) electrons. The molecule has 232 valence electrons. The summed E-state index contributed by atoms with van der Waals surface area (Å²) in [5.41, 5.74) is 0.212. The molecule has 4 aromatic rings. The number of nitrogens with zero attached hydrogens (tertiary/aromatic N) is 6. The Hall–Kier alpha value is -4.08. The van der Waals surface area contributed by atoms with Crippen molar-refractivity contribution in [3.63, 3.8) is 0 Å². The Labute approximate surface area is 265 Å². The van der Waals surface area contributed by atoms with E-state index >= 15 is 4.39 Å². The molecule has 12 heteroatoms. The van der Waals surface area contributed by atoms with Gasteiger partial charge in [-0.2, -0.15) is 9.97 Å². The molecule has 3 fully saturated rings. The van der Waals surface area contributed by atoms with Crippen LogP contribution in [-0.4, -0.2) is 109 Å². The Morgan fingerprint density at radius 3 is 2.60 bits per heavy atom. The van der Waals surface area contributed by atoms with E-state index in [0.29, 0.717) is 73.2 Å². The maximum absolute atomic E-state index is 16.4. The number of carbonyl (C=O) groups is 1. The van der Waals surface area contributed by atoms with Crippen LogP contribution in [0.2, 0.25) is 5.02 Å². The number of carbonyl (C=O) groups excluding carboxylic acids is 1. The van der Waals surface area contributed by atoms with Crippen molar-refractivity contribution in [1.82, 2.24) is 24.8 Å². The number of hydrogen-bond acceptors (Lipinski definition) is 9. The van der Waals surface area contributed by atoms with Gasteiger partial charge in [-0.3, -0.25) is 14.7 Å². The number of piperazine rings is 1. The molecule has 1 spiro atoms. The van der Waals surface area contributed by atoms with Gasteiger partial charge in [-0.1, -0.05) is 47.9 Å². The average molecular weight is 631 g/mol. The van der Waals surface area contributed by atoms with Crippen LogP contribution in [0.5, 0.6) is 6.01 Å². The average Bonchev–Trinajstić information content (AvgIpc) is 3.06. The molecule has 3 aliphatic heterocycles. The minimum Gasteiger partial charge on any atom is -0.467 e. The van der Waals surface area contributed by atoms with E-state index in [1.54, 1.807) is 18.3 Å². The SMILES string of the molecule is COc1nc(N2CCN(C(=O)C#CC(C)N3CCOCC3)C3(COC3)C2)c2cnc(-c3cccc4cccc(Cl)c34)c(F)c2n1. The summed E-state index contributed by atoms with van der Waals surface area (Å²) in [4.78, 5) is 33.1. The summed E-state index contributed by atoms with van der Waals surface area (Å²) in [5, 5.41) is 2.54. The number of aromatic nitrogens is 3. The highest BCUT2D eigenvalue weighted by molar-refractivity contribution is 6.36. The number of hydrogen-bond donors (Lipinski definition) is 0. The molecule has 7 rings (SSSR count). The van der Waals surface area contributed by atoms with E-state index in [2.05, 4.69) is 31.7 Å². The molecule has 5 heterocycles. The molecule has 0 bridgehead atoms. The number of morpholine rings is 1. The van der Waals surface area contributed by atoms with Crippen LogP contribution in [0.4, 0.5) is 10.2 Å². The van der Waals surface area contributed by atoms with Crippen LogP contribution >= 0.6 is 11.6 Å². The topological polar surface area (TPSA) is 93.2 Å². The lowest BCUT2D eigenvalue weighted by Gasteiger charge is -2.54. The van der Waals surface area contributed by atoms with E-state index < -0.39 is 11.4 Å². The number of amides is 1. The lowest BCUT2D eigenvalue weighted by atomic mass is 9.91. The third-order valence-electron chi connectivity index (χ3n) is 8.85. The van der Waals surface area contributed by atoms with Gasteiger partial charge in [-0.25, -0.2) is 4.39 Å². The highest BCUT2D eigenvalue weighted by Gasteiger charge is 2.50. The third-order valence-corrected chi connectivity index (χ3v) is 9.17. The molecular formula is C33H32ClFN6O4. The lowest BCUT2D eigenvalue weighted by Crippen LogP contribution is -2.72. The van der Waals surface area contributed by atoms with Crippen molar-refractivity contribution < 1.29 is 23.4 Å². The molecule has 3 aliphatic rings. The molecular weight excluding hydrogens is 599 g/mol. The monoisotopic (exact) mass is 630 g/mol. The first-order valence-electron chi connectivity index (χ1n) is 14.9. The van der Waals surface area contributed by atoms with Crippen LogP contribution in [0.15, 0.2) is 42.6 Å². The van der Waals surface area contributed by atoms with Crippen molar-refractivity contribution in [2.24, 2.45) is 0 Å². The highest BCUT2D eigenvalue weighted by Crippen LogP contribution is 2.39. The minimum atomic E-state index is -0.595. The van der Waals surface area contributed by atoms with Crippen LogP contribution < -0.4 is 9.64 Å². The Balaban J connectivity index is 1.21. The molecule has 2 aromatic heterocycles. The second kappa shape index (κ2) is 12.0. The number of rotatable bonds is 4. The zero-order valence-electron chi connectivity index (χ0n) is 25.1. The van der Waals surface area contributed by atoms with Gasteiger partial charge in [0.2, 0.25) is 0 Å². The molecule has 0 N–H and O–H groups in total. The molecule has 45 heavy (non-hydrogen) atoms. The Morgan fingerprint density at radius 1 is 1.09 bits per heavy atom. The van der Waals surface area contributed by atoms with Gasteiger partial charge in [0.1, 0.15) is 22.6 Å². The molecule has 10 nitrogen and oxygen atoms in total. The molecule has 3 saturated heterocycles. The van der Waals surface area contributed by atoms with Crippen molar-refractivity contribution in [2.75, 3.05) is 71.2 Å². The van der Waals surface area contributed by atoms with Gasteiger partial charge in [0.15, 0.2) is 5.82 Å². The fourth-order valence-electron chi connectivity index (χ4n) is 6.38. The maximum atomic E-state index is 16.4. The fraction of sp³-hybridized carbons (Fsp3) is 0.394. The van der Waals surface area contributed by atoms with E-state index in [1.807, 2.05) is 41.0 Å². The standard InChI is InChI=1S/C33H32ClFN6O4/c1-21(39-13-15-44-16-14-39)9-10-26(42)41-12-11-40(18-33(41)19-45-20-33)31-24-17-36-29(28(35)30(24)37-32(38-31)43-2)23-7-3-5-22-6-4-8-25(34)27(22)23/h3-8,17,21H,11-16,18-20H2,1-2H3. The largest absolute Gasteiger partial charge is 0.467 e. The van der Waals surface area contributed by atoms with Crippen molar-refractivity contribution in [3.05, 3.63) is 53.4 Å². The Kier molecular flexibility index (Phi) is 7.91. The lowest BCUT2D eigenvalue weighted by molar-refractivity contribution is -0.164. The summed E-state index contributed by atoms with van der Waals surface area (Å²) >= 11 is 6.55. The summed E-state index contributed by atoms with van der Waals surface area (Å²) < 4.78 is 32.9. The second-order valence-electron chi connectivity index (χ2n) is 11.5. The first-order valence-corrected chi connectivity index (χ1v) is 15.3. The number of methoxy groups -OCH3 is 1. The van der Waals surface area contributed by atoms with E-state index in [9.17, 15) is 4.79 Å². The van der Waals surface area contributed by atoms with E-state index in [4.69, 9.17) is 25.8 Å². The number of anilines is 1. The molecule has 0 saturated carbocycles. The van der Waals surface area contributed by atoms with Crippen molar-refractivity contribution >= 4 is 45.0 Å². The van der Waals surface area contributed by atoms with Crippen LogP contribution in [0, 0.1) is 17.7 Å². The summed E-state index contributed by atoms with van der Waals surface area (Å²) in [6.07, 6.45) is 1.60. The van der Waals surface area contributed by atoms with Gasteiger partial charge in [-0.15, -0.1) is 0 Å². The Bertz CT molecular complexity index is 1850. The number of halogens is 2.